The fourth-order valence-electron chi connectivity index (χ4n) is 1.19. The first-order chi connectivity index (χ1) is 7.13. The summed E-state index contributed by atoms with van der Waals surface area (Å²) in [6, 6.07) is 8.24. The molecule has 0 fully saturated rings. The van der Waals surface area contributed by atoms with Gasteiger partial charge in [0.2, 0.25) is 0 Å². The summed E-state index contributed by atoms with van der Waals surface area (Å²) >= 11 is 0. The minimum Gasteiger partial charge on any atom is -0.289 e. The number of aryl methyl sites for hydroxylation is 1. The van der Waals surface area contributed by atoms with E-state index in [0.717, 1.165) is 17.7 Å². The van der Waals surface area contributed by atoms with Crippen LogP contribution in [0.4, 0.5) is 0 Å². The maximum atomic E-state index is 5.24. The lowest BCUT2D eigenvalue weighted by molar-refractivity contribution is -0.464. The van der Waals surface area contributed by atoms with Crippen molar-refractivity contribution in [1.82, 2.24) is 0 Å². The number of hydrogen-bond donors (Lipinski definition) is 3. The van der Waals surface area contributed by atoms with Crippen molar-refractivity contribution >= 4 is 11.7 Å². The van der Waals surface area contributed by atoms with Gasteiger partial charge in [-0.3, -0.25) is 11.5 Å². The molecule has 1 aromatic carbocycles. The van der Waals surface area contributed by atoms with Crippen LogP contribution in [0.1, 0.15) is 25.0 Å². The Morgan fingerprint density at radius 2 is 1.87 bits per heavy atom. The predicted octanol–water partition coefficient (Wildman–Crippen LogP) is -0.673. The second kappa shape index (κ2) is 5.14. The summed E-state index contributed by atoms with van der Waals surface area (Å²) in [5.74, 6) is 0.0968. The quantitative estimate of drug-likeness (QED) is 0.347. The summed E-state index contributed by atoms with van der Waals surface area (Å²) in [7, 11) is 0. The van der Waals surface area contributed by atoms with Crippen LogP contribution >= 0.6 is 0 Å². The van der Waals surface area contributed by atoms with Crippen LogP contribution in [-0.4, -0.2) is 11.7 Å². The molecule has 0 aliphatic heterocycles. The van der Waals surface area contributed by atoms with Crippen LogP contribution < -0.4 is 16.6 Å². The molecule has 0 bridgehead atoms. The fraction of sp³-hybridized carbons (Fsp3) is 0.273. The predicted molar refractivity (Wildman–Crippen MR) is 62.4 cm³/mol. The number of nitrogens with zero attached hydrogens (tertiary/aromatic N) is 1. The van der Waals surface area contributed by atoms with Crippen molar-refractivity contribution in [2.45, 2.75) is 20.3 Å². The van der Waals surface area contributed by atoms with Gasteiger partial charge in [0.15, 0.2) is 0 Å². The molecule has 5 N–H and O–H groups in total. The summed E-state index contributed by atoms with van der Waals surface area (Å²) in [5, 5.41) is 6.56. The summed E-state index contributed by atoms with van der Waals surface area (Å²) in [6.45, 7) is 4.03. The Labute approximate surface area is 89.7 Å². The minimum absolute atomic E-state index is 0.0968. The van der Waals surface area contributed by atoms with Crippen molar-refractivity contribution in [2.75, 3.05) is 0 Å². The Morgan fingerprint density at radius 3 is 2.33 bits per heavy atom. The molecule has 80 valence electrons. The number of nitrogens with two attached hydrogens (primary N) is 2. The molecule has 0 atom stereocenters. The van der Waals surface area contributed by atoms with Gasteiger partial charge in [-0.2, -0.15) is 5.10 Å². The first kappa shape index (κ1) is 11.2. The second-order valence-electron chi connectivity index (χ2n) is 3.31. The Kier molecular flexibility index (Phi) is 3.85. The van der Waals surface area contributed by atoms with Crippen molar-refractivity contribution < 1.29 is 5.10 Å². The Hall–Kier alpha value is -1.84. The first-order valence-electron chi connectivity index (χ1n) is 4.91. The van der Waals surface area contributed by atoms with Crippen LogP contribution in [0.25, 0.3) is 0 Å². The normalized spacial score (nSPS) is 11.2. The third kappa shape index (κ3) is 3.42. The fourth-order valence-corrected chi connectivity index (χ4v) is 1.19. The molecular weight excluding hydrogens is 188 g/mol. The third-order valence-corrected chi connectivity index (χ3v) is 2.13. The molecule has 1 rings (SSSR count). The zero-order valence-electron chi connectivity index (χ0n) is 9.12. The molecule has 0 aromatic heterocycles. The maximum absolute atomic E-state index is 5.24. The highest BCUT2D eigenvalue weighted by Gasteiger charge is 1.97. The second-order valence-corrected chi connectivity index (χ2v) is 3.31. The first-order valence-corrected chi connectivity index (χ1v) is 4.91. The highest BCUT2D eigenvalue weighted by Crippen LogP contribution is 2.05. The minimum atomic E-state index is 0.0968. The van der Waals surface area contributed by atoms with Crippen LogP contribution in [0.15, 0.2) is 29.4 Å². The van der Waals surface area contributed by atoms with Crippen LogP contribution in [0.2, 0.25) is 0 Å². The SMILES string of the molecule is CCc1ccc(/C(C)=N\[NH+]=C(N)N)cc1. The Bertz CT molecular complexity index is 372. The average Bonchev–Trinajstić information content (AvgIpc) is 2.26. The van der Waals surface area contributed by atoms with E-state index >= 15 is 0 Å². The standard InChI is InChI=1S/C11H16N4/c1-3-9-4-6-10(7-5-9)8(2)14-15-11(12)13/h4-7H,3H2,1-2H3,(H4,12,13,15)/p+1/b14-8-. The van der Waals surface area contributed by atoms with Crippen LogP contribution in [0.5, 0.6) is 0 Å². The van der Waals surface area contributed by atoms with Gasteiger partial charge in [-0.15, -0.1) is 5.10 Å². The van der Waals surface area contributed by atoms with E-state index in [-0.39, 0.29) is 5.96 Å². The van der Waals surface area contributed by atoms with Crippen molar-refractivity contribution in [1.29, 1.82) is 0 Å². The molecular formula is C11H17N4+. The molecule has 0 aliphatic rings. The zero-order chi connectivity index (χ0) is 11.3. The van der Waals surface area contributed by atoms with Crippen molar-refractivity contribution in [3.05, 3.63) is 35.4 Å². The molecule has 4 nitrogen and oxygen atoms in total. The van der Waals surface area contributed by atoms with E-state index in [2.05, 4.69) is 29.3 Å². The van der Waals surface area contributed by atoms with E-state index in [1.54, 1.807) is 0 Å². The van der Waals surface area contributed by atoms with E-state index < -0.39 is 0 Å². The van der Waals surface area contributed by atoms with Crippen LogP contribution in [-0.2, 0) is 6.42 Å². The van der Waals surface area contributed by atoms with Crippen LogP contribution in [0.3, 0.4) is 0 Å². The van der Waals surface area contributed by atoms with E-state index in [0.29, 0.717) is 0 Å². The summed E-state index contributed by atoms with van der Waals surface area (Å²) < 4.78 is 0. The van der Waals surface area contributed by atoms with E-state index in [9.17, 15) is 0 Å². The molecule has 0 amide bonds. The molecule has 15 heavy (non-hydrogen) atoms. The lowest BCUT2D eigenvalue weighted by Crippen LogP contribution is -2.72. The number of guanidine groups is 1. The molecule has 4 heteroatoms. The summed E-state index contributed by atoms with van der Waals surface area (Å²) in [6.07, 6.45) is 1.04. The van der Waals surface area contributed by atoms with E-state index in [1.807, 2.05) is 19.1 Å². The smallest absolute Gasteiger partial charge is 0.289 e. The number of rotatable bonds is 3. The van der Waals surface area contributed by atoms with Crippen molar-refractivity contribution in [3.63, 3.8) is 0 Å². The average molecular weight is 205 g/mol. The van der Waals surface area contributed by atoms with Gasteiger partial charge >= 0.3 is 5.96 Å². The third-order valence-electron chi connectivity index (χ3n) is 2.13. The monoisotopic (exact) mass is 205 g/mol. The van der Waals surface area contributed by atoms with Crippen molar-refractivity contribution in [3.8, 4) is 0 Å². The van der Waals surface area contributed by atoms with E-state index in [1.165, 1.54) is 5.56 Å². The lowest BCUT2D eigenvalue weighted by Gasteiger charge is -2.00. The number of nitrogens with one attached hydrogen (secondary N) is 1. The summed E-state index contributed by atoms with van der Waals surface area (Å²) in [4.78, 5) is 0. The molecule has 0 aliphatic carbocycles. The molecule has 1 aromatic rings. The van der Waals surface area contributed by atoms with Gasteiger partial charge in [-0.25, -0.2) is 0 Å². The van der Waals surface area contributed by atoms with Gasteiger partial charge in [0.1, 0.15) is 0 Å². The van der Waals surface area contributed by atoms with Crippen molar-refractivity contribution in [2.24, 2.45) is 16.6 Å². The number of hydrazone groups is 1. The largest absolute Gasteiger partial charge is 0.362 e. The molecule has 0 saturated heterocycles. The van der Waals surface area contributed by atoms with Gasteiger partial charge in [0.25, 0.3) is 0 Å². The maximum Gasteiger partial charge on any atom is 0.362 e. The topological polar surface area (TPSA) is 78.4 Å². The van der Waals surface area contributed by atoms with E-state index in [4.69, 9.17) is 11.5 Å². The molecule has 0 heterocycles. The van der Waals surface area contributed by atoms with Gasteiger partial charge in [0, 0.05) is 0 Å². The number of benzene rings is 1. The molecule has 0 spiro atoms. The molecule has 0 unspecified atom stereocenters. The van der Waals surface area contributed by atoms with Gasteiger partial charge in [-0.1, -0.05) is 31.2 Å². The van der Waals surface area contributed by atoms with Gasteiger partial charge < -0.3 is 0 Å². The van der Waals surface area contributed by atoms with Gasteiger partial charge in [-0.05, 0) is 24.5 Å². The van der Waals surface area contributed by atoms with Gasteiger partial charge in [0.05, 0.1) is 5.71 Å². The highest BCUT2D eigenvalue weighted by molar-refractivity contribution is 5.98. The number of hydrogen-bond acceptors (Lipinski definition) is 1. The van der Waals surface area contributed by atoms with Crippen LogP contribution in [0, 0.1) is 0 Å². The zero-order valence-corrected chi connectivity index (χ0v) is 9.12. The Balaban J connectivity index is 2.87. The Morgan fingerprint density at radius 1 is 1.27 bits per heavy atom. The molecule has 0 saturated carbocycles. The molecule has 0 radical (unpaired) electrons. The lowest BCUT2D eigenvalue weighted by atomic mass is 10.1. The summed E-state index contributed by atoms with van der Waals surface area (Å²) in [5.41, 5.74) is 13.7. The highest BCUT2D eigenvalue weighted by atomic mass is 15.3.